The third kappa shape index (κ3) is 4.00. The number of aromatic nitrogens is 3. The van der Waals surface area contributed by atoms with Crippen molar-refractivity contribution < 1.29 is 4.79 Å². The number of carbonyl (C=O) groups is 1. The lowest BCUT2D eigenvalue weighted by molar-refractivity contribution is 0.0953. The molecular weight excluding hydrogens is 384 g/mol. The number of halogens is 1. The average molecular weight is 405 g/mol. The van der Waals surface area contributed by atoms with Crippen molar-refractivity contribution in [2.45, 2.75) is 19.8 Å². The van der Waals surface area contributed by atoms with Gasteiger partial charge in [0, 0.05) is 12.7 Å². The highest BCUT2D eigenvalue weighted by Crippen LogP contribution is 2.29. The summed E-state index contributed by atoms with van der Waals surface area (Å²) in [4.78, 5) is 17.1. The van der Waals surface area contributed by atoms with Gasteiger partial charge in [0.1, 0.15) is 0 Å². The van der Waals surface area contributed by atoms with Crippen LogP contribution in [0.15, 0.2) is 66.9 Å². The summed E-state index contributed by atoms with van der Waals surface area (Å²) in [6.07, 6.45) is 3.29. The molecule has 0 saturated heterocycles. The lowest BCUT2D eigenvalue weighted by Gasteiger charge is -2.08. The Labute approximate surface area is 174 Å². The van der Waals surface area contributed by atoms with Gasteiger partial charge in [0.15, 0.2) is 5.65 Å². The Balaban J connectivity index is 1.51. The standard InChI is InChI=1S/C23H21ClN4O/c1-16-20-21(24)19(23(29)25-14-8-11-17-9-4-2-5-10-17)15-26-22(20)28(27-16)18-12-6-3-7-13-18/h2-7,9-10,12-13,15H,8,11,14H2,1H3,(H,25,29). The smallest absolute Gasteiger partial charge is 0.254 e. The monoisotopic (exact) mass is 404 g/mol. The van der Waals surface area contributed by atoms with Crippen molar-refractivity contribution in [3.05, 3.63) is 88.7 Å². The highest BCUT2D eigenvalue weighted by molar-refractivity contribution is 6.38. The van der Waals surface area contributed by atoms with Crippen LogP contribution in [0.3, 0.4) is 0 Å². The van der Waals surface area contributed by atoms with Crippen LogP contribution in [-0.2, 0) is 6.42 Å². The van der Waals surface area contributed by atoms with Crippen molar-refractivity contribution in [1.82, 2.24) is 20.1 Å². The third-order valence-corrected chi connectivity index (χ3v) is 5.22. The quantitative estimate of drug-likeness (QED) is 0.472. The molecule has 146 valence electrons. The molecule has 1 amide bonds. The van der Waals surface area contributed by atoms with Gasteiger partial charge in [-0.25, -0.2) is 9.67 Å². The normalized spacial score (nSPS) is 11.0. The Morgan fingerprint density at radius 1 is 1.07 bits per heavy atom. The summed E-state index contributed by atoms with van der Waals surface area (Å²) in [5.41, 5.74) is 3.90. The molecule has 0 aliphatic heterocycles. The van der Waals surface area contributed by atoms with E-state index in [4.69, 9.17) is 11.6 Å². The minimum atomic E-state index is -0.218. The summed E-state index contributed by atoms with van der Waals surface area (Å²) in [5, 5.41) is 8.60. The van der Waals surface area contributed by atoms with Crippen LogP contribution in [0, 0.1) is 6.92 Å². The molecular formula is C23H21ClN4O. The van der Waals surface area contributed by atoms with Crippen LogP contribution in [0.4, 0.5) is 0 Å². The fourth-order valence-electron chi connectivity index (χ4n) is 3.35. The molecule has 29 heavy (non-hydrogen) atoms. The summed E-state index contributed by atoms with van der Waals surface area (Å²) in [7, 11) is 0. The molecule has 0 unspecified atom stereocenters. The van der Waals surface area contributed by atoms with E-state index in [1.165, 1.54) is 11.8 Å². The molecule has 6 heteroatoms. The van der Waals surface area contributed by atoms with Gasteiger partial charge in [0.2, 0.25) is 0 Å². The molecule has 1 N–H and O–H groups in total. The Hall–Kier alpha value is -3.18. The second-order valence-electron chi connectivity index (χ2n) is 6.86. The maximum atomic E-state index is 12.6. The molecule has 0 bridgehead atoms. The molecule has 2 heterocycles. The summed E-state index contributed by atoms with van der Waals surface area (Å²) < 4.78 is 1.75. The van der Waals surface area contributed by atoms with Crippen LogP contribution < -0.4 is 5.32 Å². The molecule has 0 saturated carbocycles. The maximum absolute atomic E-state index is 12.6. The number of nitrogens with zero attached hydrogens (tertiary/aromatic N) is 3. The highest BCUT2D eigenvalue weighted by Gasteiger charge is 2.19. The van der Waals surface area contributed by atoms with E-state index in [1.54, 1.807) is 4.68 Å². The minimum Gasteiger partial charge on any atom is -0.352 e. The van der Waals surface area contributed by atoms with E-state index in [0.29, 0.717) is 28.2 Å². The molecule has 0 radical (unpaired) electrons. The first-order valence-electron chi connectivity index (χ1n) is 9.56. The SMILES string of the molecule is Cc1nn(-c2ccccc2)c2ncc(C(=O)NCCCc3ccccc3)c(Cl)c12. The van der Waals surface area contributed by atoms with E-state index >= 15 is 0 Å². The van der Waals surface area contributed by atoms with Gasteiger partial charge >= 0.3 is 0 Å². The van der Waals surface area contributed by atoms with Crippen molar-refractivity contribution in [3.63, 3.8) is 0 Å². The van der Waals surface area contributed by atoms with E-state index in [9.17, 15) is 4.79 Å². The van der Waals surface area contributed by atoms with Gasteiger partial charge < -0.3 is 5.32 Å². The van der Waals surface area contributed by atoms with Crippen LogP contribution in [-0.4, -0.2) is 27.2 Å². The van der Waals surface area contributed by atoms with Crippen LogP contribution in [0.2, 0.25) is 5.02 Å². The fraction of sp³-hybridized carbons (Fsp3) is 0.174. The van der Waals surface area contributed by atoms with Gasteiger partial charge in [-0.1, -0.05) is 60.1 Å². The van der Waals surface area contributed by atoms with Crippen LogP contribution >= 0.6 is 11.6 Å². The van der Waals surface area contributed by atoms with Crippen LogP contribution in [0.25, 0.3) is 16.7 Å². The fourth-order valence-corrected chi connectivity index (χ4v) is 3.71. The first kappa shape index (κ1) is 19.2. The summed E-state index contributed by atoms with van der Waals surface area (Å²) in [6.45, 7) is 2.45. The number of amides is 1. The number of fused-ring (bicyclic) bond motifs is 1. The summed E-state index contributed by atoms with van der Waals surface area (Å²) in [5.74, 6) is -0.218. The molecule has 0 aliphatic rings. The lowest BCUT2D eigenvalue weighted by Crippen LogP contribution is -2.25. The van der Waals surface area contributed by atoms with Gasteiger partial charge in [-0.2, -0.15) is 5.10 Å². The Bertz CT molecular complexity index is 1140. The van der Waals surface area contributed by atoms with Gasteiger partial charge in [-0.3, -0.25) is 4.79 Å². The largest absolute Gasteiger partial charge is 0.352 e. The molecule has 0 atom stereocenters. The second kappa shape index (κ2) is 8.45. The number of benzene rings is 2. The van der Waals surface area contributed by atoms with Crippen molar-refractivity contribution in [1.29, 1.82) is 0 Å². The van der Waals surface area contributed by atoms with Crippen molar-refractivity contribution >= 4 is 28.5 Å². The maximum Gasteiger partial charge on any atom is 0.254 e. The van der Waals surface area contributed by atoms with Crippen LogP contribution in [0.1, 0.15) is 28.0 Å². The average Bonchev–Trinajstić information content (AvgIpc) is 3.10. The highest BCUT2D eigenvalue weighted by atomic mass is 35.5. The number of nitrogens with one attached hydrogen (secondary N) is 1. The van der Waals surface area contributed by atoms with Crippen molar-refractivity contribution in [2.75, 3.05) is 6.54 Å². The summed E-state index contributed by atoms with van der Waals surface area (Å²) >= 11 is 6.60. The number of aryl methyl sites for hydroxylation is 2. The minimum absolute atomic E-state index is 0.218. The number of hydrogen-bond donors (Lipinski definition) is 1. The van der Waals surface area contributed by atoms with Crippen molar-refractivity contribution in [3.8, 4) is 5.69 Å². The molecule has 2 aromatic carbocycles. The van der Waals surface area contributed by atoms with E-state index in [2.05, 4.69) is 27.5 Å². The first-order chi connectivity index (χ1) is 14.1. The van der Waals surface area contributed by atoms with Gasteiger partial charge in [-0.15, -0.1) is 0 Å². The topological polar surface area (TPSA) is 59.8 Å². The number of carbonyl (C=O) groups excluding carboxylic acids is 1. The zero-order valence-electron chi connectivity index (χ0n) is 16.1. The van der Waals surface area contributed by atoms with Crippen LogP contribution in [0.5, 0.6) is 0 Å². The molecule has 4 aromatic rings. The molecule has 0 aliphatic carbocycles. The zero-order chi connectivity index (χ0) is 20.2. The van der Waals surface area contributed by atoms with E-state index in [0.717, 1.165) is 24.2 Å². The lowest BCUT2D eigenvalue weighted by atomic mass is 10.1. The first-order valence-corrected chi connectivity index (χ1v) is 9.94. The number of pyridine rings is 1. The third-order valence-electron chi connectivity index (χ3n) is 4.82. The number of para-hydroxylation sites is 1. The predicted molar refractivity (Wildman–Crippen MR) is 116 cm³/mol. The van der Waals surface area contributed by atoms with Gasteiger partial charge in [-0.05, 0) is 37.5 Å². The second-order valence-corrected chi connectivity index (χ2v) is 7.24. The van der Waals surface area contributed by atoms with Gasteiger partial charge in [0.25, 0.3) is 5.91 Å². The molecule has 2 aromatic heterocycles. The zero-order valence-corrected chi connectivity index (χ0v) is 16.9. The molecule has 5 nitrogen and oxygen atoms in total. The van der Waals surface area contributed by atoms with E-state index < -0.39 is 0 Å². The molecule has 0 fully saturated rings. The Morgan fingerprint density at radius 3 is 2.48 bits per heavy atom. The Morgan fingerprint density at radius 2 is 1.76 bits per heavy atom. The molecule has 4 rings (SSSR count). The van der Waals surface area contributed by atoms with Crippen molar-refractivity contribution in [2.24, 2.45) is 0 Å². The predicted octanol–water partition coefficient (Wildman–Crippen LogP) is 4.74. The van der Waals surface area contributed by atoms with Gasteiger partial charge in [0.05, 0.1) is 27.4 Å². The number of hydrogen-bond acceptors (Lipinski definition) is 3. The summed E-state index contributed by atoms with van der Waals surface area (Å²) in [6, 6.07) is 19.9. The number of rotatable bonds is 6. The van der Waals surface area contributed by atoms with E-state index in [-0.39, 0.29) is 5.91 Å². The van der Waals surface area contributed by atoms with E-state index in [1.807, 2.05) is 55.5 Å². The Kier molecular flexibility index (Phi) is 5.58. The molecule has 0 spiro atoms.